The van der Waals surface area contributed by atoms with Gasteiger partial charge in [0.05, 0.1) is 0 Å². The van der Waals surface area contributed by atoms with E-state index >= 15 is 0 Å². The zero-order valence-corrected chi connectivity index (χ0v) is 8.42. The number of halogens is 3. The number of nitrogens with zero attached hydrogens (tertiary/aromatic N) is 2. The Labute approximate surface area is 85.9 Å². The molecule has 0 radical (unpaired) electrons. The van der Waals surface area contributed by atoms with Gasteiger partial charge in [-0.15, -0.1) is 0 Å². The first-order chi connectivity index (χ1) is 7.03. The van der Waals surface area contributed by atoms with Crippen LogP contribution in [0.2, 0.25) is 0 Å². The van der Waals surface area contributed by atoms with E-state index in [4.69, 9.17) is 0 Å². The molecule has 0 fully saturated rings. The number of aryl methyl sites for hydroxylation is 1. The smallest absolute Gasteiger partial charge is 0.351 e. The molecule has 0 spiro atoms. The maximum absolute atomic E-state index is 11.8. The zero-order valence-electron chi connectivity index (χ0n) is 8.42. The number of imidazole rings is 1. The molecule has 15 heavy (non-hydrogen) atoms. The summed E-state index contributed by atoms with van der Waals surface area (Å²) in [6.45, 7) is 0.654. The number of hydrogen-bond donors (Lipinski definition) is 0. The summed E-state index contributed by atoms with van der Waals surface area (Å²) in [6, 6.07) is 0. The van der Waals surface area contributed by atoms with Crippen molar-refractivity contribution in [2.45, 2.75) is 32.7 Å². The standard InChI is InChI=1S/C9H13F3N2O/c1-2-3-8-13-4-5-14(8)7-15-6-9(10,11)12/h4-5H,2-3,6-7H2,1H3. The first kappa shape index (κ1) is 12.0. The highest BCUT2D eigenvalue weighted by atomic mass is 19.4. The highest BCUT2D eigenvalue weighted by Crippen LogP contribution is 2.14. The molecule has 1 aromatic rings. The van der Waals surface area contributed by atoms with Gasteiger partial charge in [0.2, 0.25) is 0 Å². The Kier molecular flexibility index (Phi) is 4.14. The fraction of sp³-hybridized carbons (Fsp3) is 0.667. The minimum Gasteiger partial charge on any atom is -0.351 e. The molecular weight excluding hydrogens is 209 g/mol. The number of hydrogen-bond acceptors (Lipinski definition) is 2. The van der Waals surface area contributed by atoms with Crippen molar-refractivity contribution < 1.29 is 17.9 Å². The molecule has 1 rings (SSSR count). The van der Waals surface area contributed by atoms with E-state index in [0.29, 0.717) is 0 Å². The van der Waals surface area contributed by atoms with Gasteiger partial charge in [0.15, 0.2) is 0 Å². The predicted octanol–water partition coefficient (Wildman–Crippen LogP) is 2.37. The van der Waals surface area contributed by atoms with E-state index in [1.165, 1.54) is 0 Å². The highest BCUT2D eigenvalue weighted by Gasteiger charge is 2.27. The van der Waals surface area contributed by atoms with Crippen LogP contribution in [0.25, 0.3) is 0 Å². The summed E-state index contributed by atoms with van der Waals surface area (Å²) in [6.07, 6.45) is 0.535. The van der Waals surface area contributed by atoms with E-state index < -0.39 is 12.8 Å². The van der Waals surface area contributed by atoms with Crippen molar-refractivity contribution in [1.29, 1.82) is 0 Å². The molecule has 0 aliphatic rings. The lowest BCUT2D eigenvalue weighted by atomic mass is 10.3. The zero-order chi connectivity index (χ0) is 11.3. The molecule has 0 saturated carbocycles. The third-order valence-corrected chi connectivity index (χ3v) is 1.77. The normalized spacial score (nSPS) is 12.0. The van der Waals surface area contributed by atoms with Gasteiger partial charge in [-0.25, -0.2) is 4.98 Å². The molecule has 0 N–H and O–H groups in total. The van der Waals surface area contributed by atoms with Crippen molar-refractivity contribution >= 4 is 0 Å². The summed E-state index contributed by atoms with van der Waals surface area (Å²) < 4.78 is 41.5. The average Bonchev–Trinajstić information content (AvgIpc) is 2.51. The molecule has 0 aromatic carbocycles. The van der Waals surface area contributed by atoms with Gasteiger partial charge in [0.25, 0.3) is 0 Å². The molecule has 86 valence electrons. The Morgan fingerprint density at radius 2 is 2.20 bits per heavy atom. The summed E-state index contributed by atoms with van der Waals surface area (Å²) >= 11 is 0. The molecule has 6 heteroatoms. The van der Waals surface area contributed by atoms with Crippen LogP contribution in [-0.4, -0.2) is 22.3 Å². The number of aromatic nitrogens is 2. The Morgan fingerprint density at radius 1 is 1.47 bits per heavy atom. The first-order valence-corrected chi connectivity index (χ1v) is 4.67. The third-order valence-electron chi connectivity index (χ3n) is 1.77. The molecule has 1 heterocycles. The summed E-state index contributed by atoms with van der Waals surface area (Å²) in [4.78, 5) is 4.02. The topological polar surface area (TPSA) is 27.1 Å². The van der Waals surface area contributed by atoms with E-state index in [0.717, 1.165) is 18.7 Å². The van der Waals surface area contributed by atoms with Crippen LogP contribution in [0.5, 0.6) is 0 Å². The van der Waals surface area contributed by atoms with Crippen molar-refractivity contribution in [1.82, 2.24) is 9.55 Å². The fourth-order valence-electron chi connectivity index (χ4n) is 1.17. The van der Waals surface area contributed by atoms with Crippen molar-refractivity contribution in [3.8, 4) is 0 Å². The monoisotopic (exact) mass is 222 g/mol. The Hall–Kier alpha value is -1.04. The quantitative estimate of drug-likeness (QED) is 0.764. The molecule has 3 nitrogen and oxygen atoms in total. The van der Waals surface area contributed by atoms with Crippen LogP contribution in [-0.2, 0) is 17.9 Å². The average molecular weight is 222 g/mol. The number of ether oxygens (including phenoxy) is 1. The lowest BCUT2D eigenvalue weighted by Crippen LogP contribution is -2.18. The lowest BCUT2D eigenvalue weighted by molar-refractivity contribution is -0.182. The maximum atomic E-state index is 11.8. The van der Waals surface area contributed by atoms with Crippen molar-refractivity contribution in [2.24, 2.45) is 0 Å². The van der Waals surface area contributed by atoms with Gasteiger partial charge in [-0.1, -0.05) is 6.92 Å². The highest BCUT2D eigenvalue weighted by molar-refractivity contribution is 4.91. The summed E-state index contributed by atoms with van der Waals surface area (Å²) in [7, 11) is 0. The second-order valence-corrected chi connectivity index (χ2v) is 3.16. The summed E-state index contributed by atoms with van der Waals surface area (Å²) in [5, 5.41) is 0. The van der Waals surface area contributed by atoms with Crippen LogP contribution >= 0.6 is 0 Å². The van der Waals surface area contributed by atoms with E-state index in [1.54, 1.807) is 17.0 Å². The van der Waals surface area contributed by atoms with Crippen LogP contribution in [0.4, 0.5) is 13.2 Å². The minimum absolute atomic E-state index is 0.102. The number of rotatable bonds is 5. The SMILES string of the molecule is CCCc1nccn1COCC(F)(F)F. The van der Waals surface area contributed by atoms with Gasteiger partial charge in [-0.05, 0) is 6.42 Å². The molecule has 0 atom stereocenters. The molecule has 1 aromatic heterocycles. The second kappa shape index (κ2) is 5.16. The minimum atomic E-state index is -4.27. The fourth-order valence-corrected chi connectivity index (χ4v) is 1.17. The third kappa shape index (κ3) is 4.33. The van der Waals surface area contributed by atoms with Crippen molar-refractivity contribution in [2.75, 3.05) is 6.61 Å². The lowest BCUT2D eigenvalue weighted by Gasteiger charge is -2.10. The molecule has 0 amide bonds. The molecule has 0 saturated heterocycles. The van der Waals surface area contributed by atoms with Crippen molar-refractivity contribution in [3.05, 3.63) is 18.2 Å². The van der Waals surface area contributed by atoms with Gasteiger partial charge in [0, 0.05) is 18.8 Å². The second-order valence-electron chi connectivity index (χ2n) is 3.16. The molecular formula is C9H13F3N2O. The molecule has 0 unspecified atom stereocenters. The molecule has 0 aliphatic carbocycles. The Balaban J connectivity index is 2.40. The predicted molar refractivity (Wildman–Crippen MR) is 48.2 cm³/mol. The molecule has 0 aliphatic heterocycles. The van der Waals surface area contributed by atoms with Crippen LogP contribution in [0, 0.1) is 0 Å². The van der Waals surface area contributed by atoms with Gasteiger partial charge in [-0.2, -0.15) is 13.2 Å². The van der Waals surface area contributed by atoms with Gasteiger partial charge < -0.3 is 9.30 Å². The van der Waals surface area contributed by atoms with E-state index in [1.807, 2.05) is 6.92 Å². The van der Waals surface area contributed by atoms with Gasteiger partial charge in [-0.3, -0.25) is 0 Å². The Bertz CT molecular complexity index is 296. The Morgan fingerprint density at radius 3 is 2.80 bits per heavy atom. The van der Waals surface area contributed by atoms with Crippen LogP contribution in [0.1, 0.15) is 19.2 Å². The maximum Gasteiger partial charge on any atom is 0.411 e. The largest absolute Gasteiger partial charge is 0.411 e. The van der Waals surface area contributed by atoms with Gasteiger partial charge in [0.1, 0.15) is 19.2 Å². The van der Waals surface area contributed by atoms with Crippen LogP contribution in [0.15, 0.2) is 12.4 Å². The van der Waals surface area contributed by atoms with Crippen LogP contribution < -0.4 is 0 Å². The van der Waals surface area contributed by atoms with E-state index in [9.17, 15) is 13.2 Å². The molecule has 0 bridgehead atoms. The van der Waals surface area contributed by atoms with Crippen LogP contribution in [0.3, 0.4) is 0 Å². The summed E-state index contributed by atoms with van der Waals surface area (Å²) in [5.74, 6) is 0.750. The van der Waals surface area contributed by atoms with Gasteiger partial charge >= 0.3 is 6.18 Å². The first-order valence-electron chi connectivity index (χ1n) is 4.67. The van der Waals surface area contributed by atoms with E-state index in [-0.39, 0.29) is 6.73 Å². The summed E-state index contributed by atoms with van der Waals surface area (Å²) in [5.41, 5.74) is 0. The number of alkyl halides is 3. The van der Waals surface area contributed by atoms with E-state index in [2.05, 4.69) is 9.72 Å². The van der Waals surface area contributed by atoms with Crippen molar-refractivity contribution in [3.63, 3.8) is 0 Å².